The van der Waals surface area contributed by atoms with Crippen molar-refractivity contribution in [3.8, 4) is 0 Å². The highest BCUT2D eigenvalue weighted by molar-refractivity contribution is 7.99. The summed E-state index contributed by atoms with van der Waals surface area (Å²) in [7, 11) is 1.87. The summed E-state index contributed by atoms with van der Waals surface area (Å²) in [6.45, 7) is 3.14. The number of imidazole rings is 1. The van der Waals surface area contributed by atoms with Crippen LogP contribution >= 0.6 is 11.8 Å². The molecular weight excluding hydrogens is 246 g/mol. The fourth-order valence-corrected chi connectivity index (χ4v) is 2.04. The molecule has 0 fully saturated rings. The van der Waals surface area contributed by atoms with E-state index in [1.54, 1.807) is 6.20 Å². The third-order valence-electron chi connectivity index (χ3n) is 2.88. The molecule has 0 aliphatic heterocycles. The summed E-state index contributed by atoms with van der Waals surface area (Å²) in [6.07, 6.45) is 8.88. The number of hydrogen-bond donors (Lipinski definition) is 2. The molecule has 6 heteroatoms. The Kier molecular flexibility index (Phi) is 4.30. The van der Waals surface area contributed by atoms with Crippen LogP contribution in [0.4, 0.5) is 11.6 Å². The van der Waals surface area contributed by atoms with Crippen molar-refractivity contribution in [2.45, 2.75) is 18.6 Å². The van der Waals surface area contributed by atoms with Gasteiger partial charge < -0.3 is 15.0 Å². The first-order valence-corrected chi connectivity index (χ1v) is 7.31. The minimum atomic E-state index is 0.653. The molecule has 18 heavy (non-hydrogen) atoms. The lowest BCUT2D eigenvalue weighted by molar-refractivity contribution is 0.849. The summed E-state index contributed by atoms with van der Waals surface area (Å²) in [6, 6.07) is 0. The molecule has 0 aliphatic rings. The largest absolute Gasteiger partial charge is 0.372 e. The van der Waals surface area contributed by atoms with Gasteiger partial charge in [0.25, 0.3) is 0 Å². The summed E-state index contributed by atoms with van der Waals surface area (Å²) in [5.41, 5.74) is 0.866. The highest BCUT2D eigenvalue weighted by Gasteiger charge is 2.07. The van der Waals surface area contributed by atoms with Gasteiger partial charge in [-0.1, -0.05) is 6.92 Å². The Balaban J connectivity index is 2.13. The van der Waals surface area contributed by atoms with Gasteiger partial charge in [-0.05, 0) is 12.7 Å². The molecule has 0 saturated heterocycles. The molecule has 0 spiro atoms. The molecule has 5 nitrogen and oxygen atoms in total. The van der Waals surface area contributed by atoms with Gasteiger partial charge >= 0.3 is 0 Å². The number of fused-ring (bicyclic) bond motifs is 1. The van der Waals surface area contributed by atoms with E-state index in [4.69, 9.17) is 0 Å². The van der Waals surface area contributed by atoms with Gasteiger partial charge in [0.1, 0.15) is 5.82 Å². The normalized spacial score (nSPS) is 12.6. The fourth-order valence-electron chi connectivity index (χ4n) is 1.68. The smallest absolute Gasteiger partial charge is 0.180 e. The fraction of sp³-hybridized carbons (Fsp3) is 0.500. The molecule has 0 amide bonds. The zero-order valence-corrected chi connectivity index (χ0v) is 11.8. The molecule has 2 heterocycles. The number of nitrogens with zero attached hydrogens (tertiary/aromatic N) is 3. The van der Waals surface area contributed by atoms with Crippen LogP contribution in [0.5, 0.6) is 0 Å². The number of hydrogen-bond acceptors (Lipinski definition) is 5. The lowest BCUT2D eigenvalue weighted by atomic mass is 10.3. The number of rotatable bonds is 6. The standard InChI is InChI=1S/C12H19N5S/c1-9(18-3)4-5-14-11-12-15-6-7-17(12)8-10(13-2)16-11/h6-9,13H,4-5H2,1-3H3,(H,14,16). The third-order valence-corrected chi connectivity index (χ3v) is 3.92. The Morgan fingerprint density at radius 3 is 3.06 bits per heavy atom. The molecule has 98 valence electrons. The van der Waals surface area contributed by atoms with Crippen molar-refractivity contribution in [1.29, 1.82) is 0 Å². The Bertz CT molecular complexity index is 510. The molecule has 1 atom stereocenters. The molecule has 0 aromatic carbocycles. The first-order chi connectivity index (χ1) is 8.74. The van der Waals surface area contributed by atoms with Crippen molar-refractivity contribution in [3.05, 3.63) is 18.6 Å². The molecule has 0 aliphatic carbocycles. The van der Waals surface area contributed by atoms with Crippen molar-refractivity contribution >= 4 is 29.0 Å². The van der Waals surface area contributed by atoms with E-state index < -0.39 is 0 Å². The van der Waals surface area contributed by atoms with Crippen LogP contribution in [0.2, 0.25) is 0 Å². The van der Waals surface area contributed by atoms with E-state index in [9.17, 15) is 0 Å². The van der Waals surface area contributed by atoms with Gasteiger partial charge in [-0.25, -0.2) is 9.97 Å². The SMILES string of the molecule is CNc1cn2ccnc2c(NCCC(C)SC)n1. The van der Waals surface area contributed by atoms with Crippen LogP contribution in [-0.4, -0.2) is 39.5 Å². The number of anilines is 2. The Hall–Kier alpha value is -1.43. The van der Waals surface area contributed by atoms with E-state index in [1.165, 1.54) is 0 Å². The van der Waals surface area contributed by atoms with E-state index in [-0.39, 0.29) is 0 Å². The molecule has 2 aromatic rings. The van der Waals surface area contributed by atoms with Crippen LogP contribution in [0.25, 0.3) is 5.65 Å². The molecule has 0 radical (unpaired) electrons. The van der Waals surface area contributed by atoms with Crippen LogP contribution in [0.3, 0.4) is 0 Å². The van der Waals surface area contributed by atoms with E-state index in [0.29, 0.717) is 5.25 Å². The second-order valence-corrected chi connectivity index (χ2v) is 5.42. The van der Waals surface area contributed by atoms with Crippen LogP contribution in [0.15, 0.2) is 18.6 Å². The van der Waals surface area contributed by atoms with E-state index in [2.05, 4.69) is 33.8 Å². The van der Waals surface area contributed by atoms with Gasteiger partial charge in [0.05, 0.1) is 6.20 Å². The lowest BCUT2D eigenvalue weighted by Crippen LogP contribution is -2.10. The molecule has 2 aromatic heterocycles. The number of nitrogens with one attached hydrogen (secondary N) is 2. The van der Waals surface area contributed by atoms with Crippen molar-refractivity contribution in [2.75, 3.05) is 30.5 Å². The molecule has 0 bridgehead atoms. The quantitative estimate of drug-likeness (QED) is 0.839. The maximum absolute atomic E-state index is 4.50. The zero-order valence-electron chi connectivity index (χ0n) is 11.0. The van der Waals surface area contributed by atoms with Crippen molar-refractivity contribution in [2.24, 2.45) is 0 Å². The molecular formula is C12H19N5S. The van der Waals surface area contributed by atoms with Gasteiger partial charge in [-0.2, -0.15) is 11.8 Å². The van der Waals surface area contributed by atoms with Crippen molar-refractivity contribution < 1.29 is 0 Å². The van der Waals surface area contributed by atoms with Gasteiger partial charge in [-0.3, -0.25) is 0 Å². The molecule has 2 N–H and O–H groups in total. The minimum Gasteiger partial charge on any atom is -0.372 e. The van der Waals surface area contributed by atoms with Gasteiger partial charge in [0.15, 0.2) is 11.5 Å². The second-order valence-electron chi connectivity index (χ2n) is 4.14. The minimum absolute atomic E-state index is 0.653. The van der Waals surface area contributed by atoms with Gasteiger partial charge in [0, 0.05) is 31.2 Å². The number of thioether (sulfide) groups is 1. The maximum Gasteiger partial charge on any atom is 0.180 e. The average Bonchev–Trinajstić information content (AvgIpc) is 2.86. The van der Waals surface area contributed by atoms with Crippen LogP contribution in [0.1, 0.15) is 13.3 Å². The summed E-state index contributed by atoms with van der Waals surface area (Å²) >= 11 is 1.88. The van der Waals surface area contributed by atoms with E-state index in [1.807, 2.05) is 35.6 Å². The topological polar surface area (TPSA) is 54.2 Å². The average molecular weight is 265 g/mol. The summed E-state index contributed by atoms with van der Waals surface area (Å²) in [5, 5.41) is 7.08. The second kappa shape index (κ2) is 5.95. The summed E-state index contributed by atoms with van der Waals surface area (Å²) in [4.78, 5) is 8.82. The van der Waals surface area contributed by atoms with E-state index in [0.717, 1.165) is 30.2 Å². The highest BCUT2D eigenvalue weighted by atomic mass is 32.2. The summed E-state index contributed by atoms with van der Waals surface area (Å²) < 4.78 is 1.97. The zero-order chi connectivity index (χ0) is 13.0. The Morgan fingerprint density at radius 2 is 2.33 bits per heavy atom. The predicted molar refractivity (Wildman–Crippen MR) is 78.6 cm³/mol. The van der Waals surface area contributed by atoms with Gasteiger partial charge in [0.2, 0.25) is 0 Å². The van der Waals surface area contributed by atoms with E-state index >= 15 is 0 Å². The first-order valence-electron chi connectivity index (χ1n) is 6.02. The Labute approximate surface area is 111 Å². The monoisotopic (exact) mass is 265 g/mol. The van der Waals surface area contributed by atoms with Crippen LogP contribution in [0, 0.1) is 0 Å². The Morgan fingerprint density at radius 1 is 1.50 bits per heavy atom. The lowest BCUT2D eigenvalue weighted by Gasteiger charge is -2.11. The van der Waals surface area contributed by atoms with Crippen molar-refractivity contribution in [1.82, 2.24) is 14.4 Å². The number of aromatic nitrogens is 3. The third kappa shape index (κ3) is 2.87. The van der Waals surface area contributed by atoms with Crippen LogP contribution < -0.4 is 10.6 Å². The highest BCUT2D eigenvalue weighted by Crippen LogP contribution is 2.17. The van der Waals surface area contributed by atoms with Crippen molar-refractivity contribution in [3.63, 3.8) is 0 Å². The van der Waals surface area contributed by atoms with Gasteiger partial charge in [-0.15, -0.1) is 0 Å². The molecule has 1 unspecified atom stereocenters. The molecule has 2 rings (SSSR count). The maximum atomic E-state index is 4.50. The summed E-state index contributed by atoms with van der Waals surface area (Å²) in [5.74, 6) is 1.67. The molecule has 0 saturated carbocycles. The predicted octanol–water partition coefficient (Wildman–Crippen LogP) is 2.32. The van der Waals surface area contributed by atoms with Crippen LogP contribution in [-0.2, 0) is 0 Å². The first kappa shape index (κ1) is 13.0.